The average Bonchev–Trinajstić information content (AvgIpc) is 3.34. The molecule has 2 fully saturated rings. The van der Waals surface area contributed by atoms with E-state index in [1.54, 1.807) is 22.7 Å². The zero-order chi connectivity index (χ0) is 20.8. The van der Waals surface area contributed by atoms with Crippen molar-refractivity contribution in [1.82, 2.24) is 0 Å². The first kappa shape index (κ1) is 18.8. The Morgan fingerprint density at radius 3 is 2.21 bits per heavy atom. The van der Waals surface area contributed by atoms with E-state index in [0.29, 0.717) is 0 Å². The largest absolute Gasteiger partial charge is 0.615 e. The van der Waals surface area contributed by atoms with Gasteiger partial charge in [-0.15, -0.1) is 22.7 Å². The molecule has 0 saturated carbocycles. The average molecular weight is 427 g/mol. The summed E-state index contributed by atoms with van der Waals surface area (Å²) < 4.78 is 14.5. The third-order valence-electron chi connectivity index (χ3n) is 7.27. The first-order chi connectivity index (χ1) is 13.5. The Balaban J connectivity index is 1.71. The molecule has 0 atom stereocenters. The summed E-state index contributed by atoms with van der Waals surface area (Å²) in [7, 11) is 1.91. The van der Waals surface area contributed by atoms with Gasteiger partial charge in [-0.25, -0.2) is 9.59 Å². The summed E-state index contributed by atoms with van der Waals surface area (Å²) in [5.41, 5.74) is -0.0752. The van der Waals surface area contributed by atoms with Crippen LogP contribution in [0.25, 0.3) is 19.8 Å². The smallest absolute Gasteiger partial charge is 0.596 e. The lowest BCUT2D eigenvalue weighted by Crippen LogP contribution is -2.77. The highest BCUT2D eigenvalue weighted by atomic mass is 32.1. The predicted octanol–water partition coefficient (Wildman–Crippen LogP) is 3.89. The number of rotatable bonds is 2. The fourth-order valence-corrected chi connectivity index (χ4v) is 7.11. The highest BCUT2D eigenvalue weighted by molar-refractivity contribution is 7.28. The van der Waals surface area contributed by atoms with Crippen LogP contribution < -0.4 is 5.46 Å². The first-order valence-electron chi connectivity index (χ1n) is 9.60. The van der Waals surface area contributed by atoms with Crippen LogP contribution in [-0.4, -0.2) is 41.1 Å². The van der Waals surface area contributed by atoms with Crippen LogP contribution in [0.5, 0.6) is 0 Å². The molecule has 0 unspecified atom stereocenters. The Morgan fingerprint density at radius 1 is 0.931 bits per heavy atom. The van der Waals surface area contributed by atoms with E-state index >= 15 is 0 Å². The Bertz CT molecular complexity index is 1130. The zero-order valence-electron chi connectivity index (χ0n) is 17.0. The van der Waals surface area contributed by atoms with Crippen LogP contribution in [0.1, 0.15) is 27.7 Å². The van der Waals surface area contributed by atoms with Crippen molar-refractivity contribution in [2.45, 2.75) is 38.8 Å². The molecule has 0 aliphatic carbocycles. The minimum Gasteiger partial charge on any atom is -0.596 e. The molecule has 2 aliphatic rings. The van der Waals surface area contributed by atoms with Gasteiger partial charge in [-0.3, -0.25) is 0 Å². The predicted molar refractivity (Wildman–Crippen MR) is 117 cm³/mol. The molecule has 0 radical (unpaired) electrons. The molecule has 5 nitrogen and oxygen atoms in total. The number of thiophene rings is 2. The number of carbonyl (C=O) groups is 2. The van der Waals surface area contributed by atoms with Crippen molar-refractivity contribution < 1.29 is 23.3 Å². The maximum Gasteiger partial charge on any atom is 0.615 e. The van der Waals surface area contributed by atoms with Gasteiger partial charge in [-0.2, -0.15) is 0 Å². The van der Waals surface area contributed by atoms with E-state index in [-0.39, 0.29) is 16.3 Å². The molecule has 8 heteroatoms. The molecule has 3 aromatic rings. The summed E-state index contributed by atoms with van der Waals surface area (Å²) in [5.74, 6) is -0.690. The molecule has 0 bridgehead atoms. The van der Waals surface area contributed by atoms with Gasteiger partial charge >= 0.3 is 18.6 Å². The number of likely N-dealkylation sites (N-methyl/N-ethyl adjacent to an activating group) is 1. The molecule has 0 N–H and O–H groups in total. The van der Waals surface area contributed by atoms with Crippen LogP contribution in [0, 0.1) is 0 Å². The van der Waals surface area contributed by atoms with Gasteiger partial charge in [0.1, 0.15) is 0 Å². The lowest BCUT2D eigenvalue weighted by molar-refractivity contribution is -0.885. The summed E-state index contributed by atoms with van der Waals surface area (Å²) in [6, 6.07) is 12.2. The number of fused-ring (bicyclic) bond motifs is 2. The van der Waals surface area contributed by atoms with Crippen LogP contribution in [-0.2, 0) is 18.9 Å². The van der Waals surface area contributed by atoms with E-state index in [0.717, 1.165) is 15.9 Å². The second-order valence-electron chi connectivity index (χ2n) is 9.06. The highest BCUT2D eigenvalue weighted by Gasteiger charge is 2.80. The molecular formula is C21H22BNO4S2. The van der Waals surface area contributed by atoms with Crippen molar-refractivity contribution in [3.63, 3.8) is 0 Å². The van der Waals surface area contributed by atoms with Crippen molar-refractivity contribution in [2.24, 2.45) is 0 Å². The van der Waals surface area contributed by atoms with E-state index in [1.165, 1.54) is 9.40 Å². The number of quaternary nitrogens is 1. The van der Waals surface area contributed by atoms with Crippen molar-refractivity contribution in [3.05, 3.63) is 41.8 Å². The highest BCUT2D eigenvalue weighted by Crippen LogP contribution is 2.52. The normalized spacial score (nSPS) is 29.7. The van der Waals surface area contributed by atoms with Gasteiger partial charge < -0.3 is 13.7 Å². The number of nitrogens with zero attached hydrogens (tertiary/aromatic N) is 1. The van der Waals surface area contributed by atoms with Gasteiger partial charge in [0.15, 0.2) is 11.1 Å². The maximum atomic E-state index is 12.9. The summed E-state index contributed by atoms with van der Waals surface area (Å²) in [4.78, 5) is 27.0. The second kappa shape index (κ2) is 5.50. The topological polar surface area (TPSA) is 52.6 Å². The van der Waals surface area contributed by atoms with Crippen LogP contribution in [0.15, 0.2) is 41.8 Å². The Kier molecular flexibility index (Phi) is 3.58. The zero-order valence-corrected chi connectivity index (χ0v) is 18.6. The molecule has 2 aromatic heterocycles. The minimum absolute atomic E-state index is 0.0701. The fourth-order valence-electron chi connectivity index (χ4n) is 5.00. The molecule has 150 valence electrons. The van der Waals surface area contributed by atoms with E-state index < -0.39 is 17.8 Å². The molecule has 2 saturated heterocycles. The molecule has 5 rings (SSSR count). The quantitative estimate of drug-likeness (QED) is 0.583. The van der Waals surface area contributed by atoms with E-state index in [1.807, 2.05) is 59.0 Å². The number of hydrogen-bond donors (Lipinski definition) is 0. The maximum absolute atomic E-state index is 12.9. The van der Waals surface area contributed by atoms with Crippen LogP contribution in [0.3, 0.4) is 0 Å². The fraction of sp³-hybridized carbons (Fsp3) is 0.333. The molecular weight excluding hydrogens is 405 g/mol. The number of carbonyl (C=O) groups excluding carboxylic acids is 2. The Morgan fingerprint density at radius 2 is 1.59 bits per heavy atom. The second-order valence-corrected chi connectivity index (χ2v) is 11.1. The summed E-state index contributed by atoms with van der Waals surface area (Å²) >= 11 is 3.45. The van der Waals surface area contributed by atoms with E-state index in [2.05, 4.69) is 17.5 Å². The summed E-state index contributed by atoms with van der Waals surface area (Å²) in [5, 5.41) is 2.09. The van der Waals surface area contributed by atoms with Gasteiger partial charge in [0, 0.05) is 21.3 Å². The van der Waals surface area contributed by atoms with E-state index in [9.17, 15) is 9.59 Å². The van der Waals surface area contributed by atoms with E-state index in [4.69, 9.17) is 9.31 Å². The molecule has 2 aliphatic heterocycles. The van der Waals surface area contributed by atoms with Crippen LogP contribution in [0.2, 0.25) is 0 Å². The van der Waals surface area contributed by atoms with Crippen LogP contribution in [0.4, 0.5) is 0 Å². The summed E-state index contributed by atoms with van der Waals surface area (Å²) in [6.45, 7) is 4.96. The van der Waals surface area contributed by atoms with Crippen molar-refractivity contribution >= 4 is 56.2 Å². The monoisotopic (exact) mass is 427 g/mol. The third kappa shape index (κ3) is 2.04. The number of hydrogen-bond acceptors (Lipinski definition) is 6. The van der Waals surface area contributed by atoms with Gasteiger partial charge in [-0.05, 0) is 56.2 Å². The Labute approximate surface area is 177 Å². The molecule has 1 aromatic carbocycles. The summed E-state index contributed by atoms with van der Waals surface area (Å²) in [6.07, 6.45) is 0. The molecule has 29 heavy (non-hydrogen) atoms. The molecule has 4 heterocycles. The van der Waals surface area contributed by atoms with Crippen molar-refractivity contribution in [1.29, 1.82) is 0 Å². The standard InChI is InChI=1S/C21H22BNO4S2/c1-20(2)18(24)26-22(23(20,5)21(3,4)19(25)27-22)14-8-6-7-13(11-14)16-12-17-15(29-16)9-10-28-17/h6-12H,1-5H3. The SMILES string of the molecule is CC1(C)C(=O)O[B-]2(c3cccc(-c4cc5sccc5s4)c3)OC(=O)C(C)(C)[N+]21C. The third-order valence-corrected chi connectivity index (χ3v) is 9.41. The van der Waals surface area contributed by atoms with Crippen molar-refractivity contribution in [3.8, 4) is 10.4 Å². The lowest BCUT2D eigenvalue weighted by Gasteiger charge is -2.54. The lowest BCUT2D eigenvalue weighted by atomic mass is 9.57. The van der Waals surface area contributed by atoms with Gasteiger partial charge in [0.25, 0.3) is 0 Å². The van der Waals surface area contributed by atoms with Crippen LogP contribution >= 0.6 is 22.7 Å². The van der Waals surface area contributed by atoms with Gasteiger partial charge in [0.05, 0.1) is 0 Å². The first-order valence-corrected chi connectivity index (χ1v) is 11.3. The van der Waals surface area contributed by atoms with Crippen molar-refractivity contribution in [2.75, 3.05) is 7.05 Å². The molecule has 0 amide bonds. The van der Waals surface area contributed by atoms with Gasteiger partial charge in [-0.1, -0.05) is 24.3 Å². The minimum atomic E-state index is -2.37. The van der Waals surface area contributed by atoms with Gasteiger partial charge in [0.2, 0.25) is 0 Å². The Hall–Kier alpha value is -2.16. The molecule has 0 spiro atoms. The number of benzene rings is 1.